The van der Waals surface area contributed by atoms with Crippen LogP contribution >= 0.6 is 22.7 Å². The van der Waals surface area contributed by atoms with E-state index in [1.165, 1.54) is 14.6 Å². The number of aryl methyl sites for hydroxylation is 1. The first-order chi connectivity index (χ1) is 12.8. The Kier molecular flexibility index (Phi) is 4.78. The van der Waals surface area contributed by atoms with E-state index < -0.39 is 0 Å². The molecule has 0 atom stereocenters. The highest BCUT2D eigenvalue weighted by Crippen LogP contribution is 2.37. The van der Waals surface area contributed by atoms with E-state index in [0.29, 0.717) is 0 Å². The number of rotatable bonds is 4. The first kappa shape index (κ1) is 16.9. The summed E-state index contributed by atoms with van der Waals surface area (Å²) in [7, 11) is 0. The molecule has 0 aliphatic rings. The third-order valence-corrected chi connectivity index (χ3v) is 6.02. The van der Waals surface area contributed by atoms with Crippen molar-refractivity contribution in [1.29, 1.82) is 0 Å². The summed E-state index contributed by atoms with van der Waals surface area (Å²) in [6.07, 6.45) is 9.84. The Labute approximate surface area is 161 Å². The first-order valence-corrected chi connectivity index (χ1v) is 10.2. The van der Waals surface area contributed by atoms with Crippen molar-refractivity contribution < 1.29 is 0 Å². The molecule has 0 saturated heterocycles. The van der Waals surface area contributed by atoms with Crippen molar-refractivity contribution in [1.82, 2.24) is 9.97 Å². The monoisotopic (exact) mass is 374 g/mol. The molecule has 3 heterocycles. The zero-order valence-corrected chi connectivity index (χ0v) is 16.3. The van der Waals surface area contributed by atoms with Gasteiger partial charge < -0.3 is 0 Å². The van der Waals surface area contributed by atoms with Crippen molar-refractivity contribution in [2.45, 2.75) is 13.8 Å². The largest absolute Gasteiger partial charge is 0.252 e. The molecule has 26 heavy (non-hydrogen) atoms. The maximum absolute atomic E-state index is 4.93. The zero-order valence-electron chi connectivity index (χ0n) is 14.6. The lowest BCUT2D eigenvalue weighted by Crippen LogP contribution is -1.92. The van der Waals surface area contributed by atoms with E-state index in [1.54, 1.807) is 22.7 Å². The molecule has 3 aromatic heterocycles. The van der Waals surface area contributed by atoms with Gasteiger partial charge in [-0.25, -0.2) is 4.98 Å². The van der Waals surface area contributed by atoms with Gasteiger partial charge in [0, 0.05) is 25.8 Å². The van der Waals surface area contributed by atoms with Gasteiger partial charge in [0.05, 0.1) is 22.9 Å². The van der Waals surface area contributed by atoms with Crippen molar-refractivity contribution in [2.24, 2.45) is 0 Å². The molecule has 0 radical (unpaired) electrons. The summed E-state index contributed by atoms with van der Waals surface area (Å²) in [5, 5.41) is 2.10. The van der Waals surface area contributed by atoms with Crippen LogP contribution in [0.2, 0.25) is 0 Å². The first-order valence-electron chi connectivity index (χ1n) is 8.46. The summed E-state index contributed by atoms with van der Waals surface area (Å²) in [6, 6.07) is 12.9. The average molecular weight is 375 g/mol. The van der Waals surface area contributed by atoms with Crippen molar-refractivity contribution in [3.63, 3.8) is 0 Å². The summed E-state index contributed by atoms with van der Waals surface area (Å²) in [6.45, 7) is 4.13. The third kappa shape index (κ3) is 3.26. The van der Waals surface area contributed by atoms with Crippen molar-refractivity contribution in [3.8, 4) is 20.9 Å². The second kappa shape index (κ2) is 7.36. The van der Waals surface area contributed by atoms with E-state index in [2.05, 4.69) is 48.7 Å². The van der Waals surface area contributed by atoms with Gasteiger partial charge in [0.2, 0.25) is 0 Å². The highest BCUT2D eigenvalue weighted by atomic mass is 32.1. The molecular formula is C22H18N2S2. The summed E-state index contributed by atoms with van der Waals surface area (Å²) in [4.78, 5) is 13.5. The Hall–Kier alpha value is -2.56. The van der Waals surface area contributed by atoms with Crippen molar-refractivity contribution >= 4 is 39.8 Å². The Bertz CT molecular complexity index is 1100. The lowest BCUT2D eigenvalue weighted by atomic mass is 10.1. The SMILES string of the molecule is C/C=C\C=C/c1cnc2c(-c3cccs3)ccc(-c3ccc(C)s3)c2n1. The Balaban J connectivity index is 1.95. The van der Waals surface area contributed by atoms with Crippen LogP contribution in [0.3, 0.4) is 0 Å². The predicted octanol–water partition coefficient (Wildman–Crippen LogP) is 6.98. The van der Waals surface area contributed by atoms with Crippen LogP contribution in [0, 0.1) is 6.92 Å². The molecule has 0 saturated carbocycles. The van der Waals surface area contributed by atoms with Gasteiger partial charge >= 0.3 is 0 Å². The molecule has 4 heteroatoms. The van der Waals surface area contributed by atoms with Gasteiger partial charge in [-0.15, -0.1) is 22.7 Å². The lowest BCUT2D eigenvalue weighted by Gasteiger charge is -2.09. The van der Waals surface area contributed by atoms with Crippen LogP contribution in [-0.4, -0.2) is 9.97 Å². The predicted molar refractivity (Wildman–Crippen MR) is 115 cm³/mol. The number of hydrogen-bond donors (Lipinski definition) is 0. The standard InChI is InChI=1S/C22H18N2S2/c1-3-4-5-7-16-14-23-21-17(19-8-6-13-25-19)10-11-18(22(21)24-16)20-12-9-15(2)26-20/h3-14H,1-2H3/b4-3-,7-5-. The van der Waals surface area contributed by atoms with E-state index in [9.17, 15) is 0 Å². The fraction of sp³-hybridized carbons (Fsp3) is 0.0909. The van der Waals surface area contributed by atoms with Gasteiger partial charge in [0.15, 0.2) is 0 Å². The normalized spacial score (nSPS) is 11.9. The fourth-order valence-corrected chi connectivity index (χ4v) is 4.51. The van der Waals surface area contributed by atoms with Crippen molar-refractivity contribution in [2.75, 3.05) is 0 Å². The van der Waals surface area contributed by atoms with E-state index in [4.69, 9.17) is 9.97 Å². The average Bonchev–Trinajstić information content (AvgIpc) is 3.33. The smallest absolute Gasteiger partial charge is 0.0987 e. The molecule has 2 nitrogen and oxygen atoms in total. The Morgan fingerprint density at radius 2 is 1.77 bits per heavy atom. The number of thiophene rings is 2. The fourth-order valence-electron chi connectivity index (χ4n) is 2.87. The molecule has 0 spiro atoms. The highest BCUT2D eigenvalue weighted by Gasteiger charge is 2.14. The van der Waals surface area contributed by atoms with Crippen LogP contribution in [0.5, 0.6) is 0 Å². The summed E-state index contributed by atoms with van der Waals surface area (Å²) in [5.41, 5.74) is 5.07. The molecule has 0 unspecified atom stereocenters. The van der Waals surface area contributed by atoms with E-state index >= 15 is 0 Å². The molecule has 1 aromatic carbocycles. The molecular weight excluding hydrogens is 356 g/mol. The number of aromatic nitrogens is 2. The van der Waals surface area contributed by atoms with E-state index in [0.717, 1.165) is 27.9 Å². The maximum atomic E-state index is 4.93. The number of hydrogen-bond acceptors (Lipinski definition) is 4. The van der Waals surface area contributed by atoms with Gasteiger partial charge in [0.1, 0.15) is 0 Å². The quantitative estimate of drug-likeness (QED) is 0.360. The lowest BCUT2D eigenvalue weighted by molar-refractivity contribution is 1.27. The minimum atomic E-state index is 0.869. The number of benzene rings is 1. The summed E-state index contributed by atoms with van der Waals surface area (Å²) in [5.74, 6) is 0. The highest BCUT2D eigenvalue weighted by molar-refractivity contribution is 7.15. The van der Waals surface area contributed by atoms with Crippen LogP contribution < -0.4 is 0 Å². The molecule has 128 valence electrons. The topological polar surface area (TPSA) is 25.8 Å². The minimum Gasteiger partial charge on any atom is -0.252 e. The van der Waals surface area contributed by atoms with Crippen LogP contribution in [0.25, 0.3) is 38.0 Å². The van der Waals surface area contributed by atoms with Crippen molar-refractivity contribution in [3.05, 3.63) is 76.8 Å². The molecule has 4 rings (SSSR count). The Morgan fingerprint density at radius 3 is 2.46 bits per heavy atom. The zero-order chi connectivity index (χ0) is 17.9. The summed E-state index contributed by atoms with van der Waals surface area (Å²) >= 11 is 3.52. The van der Waals surface area contributed by atoms with Crippen LogP contribution in [0.1, 0.15) is 17.5 Å². The second-order valence-electron chi connectivity index (χ2n) is 5.93. The third-order valence-electron chi connectivity index (χ3n) is 4.08. The van der Waals surface area contributed by atoms with E-state index in [1.807, 2.05) is 37.4 Å². The number of nitrogens with zero attached hydrogens (tertiary/aromatic N) is 2. The Morgan fingerprint density at radius 1 is 0.923 bits per heavy atom. The number of allylic oxidation sites excluding steroid dienone is 3. The van der Waals surface area contributed by atoms with Crippen LogP contribution in [0.4, 0.5) is 0 Å². The molecule has 0 aliphatic carbocycles. The minimum absolute atomic E-state index is 0.869. The maximum Gasteiger partial charge on any atom is 0.0987 e. The molecule has 0 fully saturated rings. The van der Waals surface area contributed by atoms with E-state index in [-0.39, 0.29) is 0 Å². The molecule has 0 N–H and O–H groups in total. The van der Waals surface area contributed by atoms with Gasteiger partial charge in [-0.2, -0.15) is 0 Å². The molecule has 0 amide bonds. The second-order valence-corrected chi connectivity index (χ2v) is 8.16. The van der Waals surface area contributed by atoms with Gasteiger partial charge in [-0.05, 0) is 43.5 Å². The molecule has 0 aliphatic heterocycles. The number of fused-ring (bicyclic) bond motifs is 1. The van der Waals surface area contributed by atoms with Crippen LogP contribution in [0.15, 0.2) is 66.2 Å². The summed E-state index contributed by atoms with van der Waals surface area (Å²) < 4.78 is 0. The van der Waals surface area contributed by atoms with Crippen LogP contribution in [-0.2, 0) is 0 Å². The van der Waals surface area contributed by atoms with Gasteiger partial charge in [-0.1, -0.05) is 36.4 Å². The van der Waals surface area contributed by atoms with Gasteiger partial charge in [0.25, 0.3) is 0 Å². The van der Waals surface area contributed by atoms with Gasteiger partial charge in [-0.3, -0.25) is 4.98 Å². The molecule has 4 aromatic rings. The molecule has 0 bridgehead atoms.